The largest absolute Gasteiger partial charge is 0.505 e. The average molecular weight is 300 g/mol. The molecule has 1 heterocycles. The summed E-state index contributed by atoms with van der Waals surface area (Å²) in [5.74, 6) is -0.0828. The van der Waals surface area contributed by atoms with Crippen LogP contribution in [0.2, 0.25) is 0 Å². The minimum atomic E-state index is -0.515. The third-order valence-corrected chi connectivity index (χ3v) is 2.92. The highest BCUT2D eigenvalue weighted by Crippen LogP contribution is 2.21. The lowest BCUT2D eigenvalue weighted by atomic mass is 10.1. The van der Waals surface area contributed by atoms with Gasteiger partial charge in [-0.05, 0) is 19.1 Å². The summed E-state index contributed by atoms with van der Waals surface area (Å²) in [6, 6.07) is 8.40. The van der Waals surface area contributed by atoms with Crippen molar-refractivity contribution in [1.82, 2.24) is 10.4 Å². The molecule has 0 bridgehead atoms. The summed E-state index contributed by atoms with van der Waals surface area (Å²) >= 11 is 0. The Labute approximate surface area is 127 Å². The Balaban J connectivity index is 2.04. The van der Waals surface area contributed by atoms with Crippen LogP contribution < -0.4 is 10.7 Å². The number of aromatic nitrogens is 1. The maximum Gasteiger partial charge on any atom is 0.339 e. The normalized spacial score (nSPS) is 10.6. The SMILES string of the molecule is Cc1ncc(CO)c(/C=N/NC(=O)Nc2ccccc2)c1O. The van der Waals surface area contributed by atoms with E-state index in [9.17, 15) is 15.0 Å². The molecule has 2 aromatic rings. The predicted molar refractivity (Wildman–Crippen MR) is 82.8 cm³/mol. The van der Waals surface area contributed by atoms with Crippen LogP contribution in [0.25, 0.3) is 0 Å². The Morgan fingerprint density at radius 2 is 2.09 bits per heavy atom. The van der Waals surface area contributed by atoms with Gasteiger partial charge in [0.1, 0.15) is 5.75 Å². The van der Waals surface area contributed by atoms with Crippen LogP contribution in [0.1, 0.15) is 16.8 Å². The van der Waals surface area contributed by atoms with Crippen molar-refractivity contribution in [1.29, 1.82) is 0 Å². The molecule has 0 spiro atoms. The van der Waals surface area contributed by atoms with Crippen molar-refractivity contribution >= 4 is 17.9 Å². The van der Waals surface area contributed by atoms with Crippen molar-refractivity contribution in [3.63, 3.8) is 0 Å². The summed E-state index contributed by atoms with van der Waals surface area (Å²) in [7, 11) is 0. The first kappa shape index (κ1) is 15.5. The second-order valence-corrected chi connectivity index (χ2v) is 4.48. The van der Waals surface area contributed by atoms with E-state index in [1.54, 1.807) is 31.2 Å². The molecule has 22 heavy (non-hydrogen) atoms. The number of amides is 2. The zero-order chi connectivity index (χ0) is 15.9. The smallest absolute Gasteiger partial charge is 0.339 e. The van der Waals surface area contributed by atoms with Crippen molar-refractivity contribution in [3.8, 4) is 5.75 Å². The monoisotopic (exact) mass is 300 g/mol. The molecule has 0 unspecified atom stereocenters. The minimum Gasteiger partial charge on any atom is -0.505 e. The standard InChI is InChI=1S/C15H16N4O3/c1-10-14(21)13(11(9-20)7-16-10)8-17-19-15(22)18-12-5-3-2-4-6-12/h2-8,20-21H,9H2,1H3,(H2,18,19,22)/b17-8+. The molecule has 1 aromatic heterocycles. The van der Waals surface area contributed by atoms with E-state index in [0.29, 0.717) is 22.5 Å². The Hall–Kier alpha value is -2.93. The van der Waals surface area contributed by atoms with E-state index in [2.05, 4.69) is 20.8 Å². The Morgan fingerprint density at radius 1 is 1.36 bits per heavy atom. The molecule has 7 heteroatoms. The van der Waals surface area contributed by atoms with Crippen molar-refractivity contribution in [2.75, 3.05) is 5.32 Å². The van der Waals surface area contributed by atoms with Crippen LogP contribution in [-0.4, -0.2) is 27.4 Å². The molecule has 0 saturated carbocycles. The van der Waals surface area contributed by atoms with E-state index in [-0.39, 0.29) is 12.4 Å². The zero-order valence-corrected chi connectivity index (χ0v) is 11.9. The maximum atomic E-state index is 11.6. The van der Waals surface area contributed by atoms with Gasteiger partial charge in [0.2, 0.25) is 0 Å². The van der Waals surface area contributed by atoms with Crippen LogP contribution in [0.5, 0.6) is 5.75 Å². The fourth-order valence-corrected chi connectivity index (χ4v) is 1.76. The number of rotatable bonds is 4. The van der Waals surface area contributed by atoms with Crippen LogP contribution in [0.3, 0.4) is 0 Å². The van der Waals surface area contributed by atoms with Gasteiger partial charge >= 0.3 is 6.03 Å². The van der Waals surface area contributed by atoms with E-state index < -0.39 is 6.03 Å². The maximum absolute atomic E-state index is 11.6. The number of hydrazone groups is 1. The van der Waals surface area contributed by atoms with Crippen molar-refractivity contribution in [3.05, 3.63) is 53.3 Å². The van der Waals surface area contributed by atoms with E-state index in [4.69, 9.17) is 0 Å². The molecule has 0 aliphatic heterocycles. The number of nitrogens with zero attached hydrogens (tertiary/aromatic N) is 2. The van der Waals surface area contributed by atoms with Gasteiger partial charge in [-0.25, -0.2) is 10.2 Å². The number of aliphatic hydroxyl groups excluding tert-OH is 1. The number of anilines is 1. The summed E-state index contributed by atoms with van der Waals surface area (Å²) in [5, 5.41) is 25.5. The quantitative estimate of drug-likeness (QED) is 0.509. The fraction of sp³-hybridized carbons (Fsp3) is 0.133. The summed E-state index contributed by atoms with van der Waals surface area (Å²) in [4.78, 5) is 15.6. The molecule has 0 fully saturated rings. The molecular formula is C15H16N4O3. The molecule has 4 N–H and O–H groups in total. The summed E-state index contributed by atoms with van der Waals surface area (Å²) in [5.41, 5.74) is 4.06. The number of aromatic hydroxyl groups is 1. The van der Waals surface area contributed by atoms with Crippen LogP contribution in [0.4, 0.5) is 10.5 Å². The Kier molecular flexibility index (Phi) is 5.05. The van der Waals surface area contributed by atoms with Gasteiger partial charge in [-0.2, -0.15) is 5.10 Å². The summed E-state index contributed by atoms with van der Waals surface area (Å²) < 4.78 is 0. The zero-order valence-electron chi connectivity index (χ0n) is 11.9. The molecule has 2 rings (SSSR count). The van der Waals surface area contributed by atoms with Gasteiger partial charge < -0.3 is 15.5 Å². The van der Waals surface area contributed by atoms with E-state index in [1.807, 2.05) is 6.07 Å². The number of carbonyl (C=O) groups excluding carboxylic acids is 1. The highest BCUT2D eigenvalue weighted by atomic mass is 16.3. The first-order chi connectivity index (χ1) is 10.6. The first-order valence-electron chi connectivity index (χ1n) is 6.55. The highest BCUT2D eigenvalue weighted by molar-refractivity contribution is 5.91. The molecule has 0 saturated heterocycles. The lowest BCUT2D eigenvalue weighted by Gasteiger charge is -2.07. The molecule has 0 aliphatic carbocycles. The predicted octanol–water partition coefficient (Wildman–Crippen LogP) is 1.74. The van der Waals surface area contributed by atoms with Gasteiger partial charge in [-0.15, -0.1) is 0 Å². The highest BCUT2D eigenvalue weighted by Gasteiger charge is 2.09. The van der Waals surface area contributed by atoms with Crippen LogP contribution in [0.15, 0.2) is 41.6 Å². The number of urea groups is 1. The van der Waals surface area contributed by atoms with Gasteiger partial charge in [0.15, 0.2) is 0 Å². The molecule has 0 atom stereocenters. The summed E-state index contributed by atoms with van der Waals surface area (Å²) in [6.07, 6.45) is 2.71. The minimum absolute atomic E-state index is 0.0828. The summed E-state index contributed by atoms with van der Waals surface area (Å²) in [6.45, 7) is 1.34. The molecular weight excluding hydrogens is 284 g/mol. The number of para-hydroxylation sites is 1. The van der Waals surface area contributed by atoms with Crippen LogP contribution in [-0.2, 0) is 6.61 Å². The Morgan fingerprint density at radius 3 is 2.77 bits per heavy atom. The number of aliphatic hydroxyl groups is 1. The molecule has 0 radical (unpaired) electrons. The molecule has 1 aromatic carbocycles. The van der Waals surface area contributed by atoms with Gasteiger partial charge in [0.25, 0.3) is 0 Å². The third kappa shape index (κ3) is 3.80. The van der Waals surface area contributed by atoms with Crippen molar-refractivity contribution in [2.24, 2.45) is 5.10 Å². The second kappa shape index (κ2) is 7.19. The molecule has 0 aliphatic rings. The van der Waals surface area contributed by atoms with Crippen LogP contribution >= 0.6 is 0 Å². The number of pyridine rings is 1. The van der Waals surface area contributed by atoms with Gasteiger partial charge in [-0.1, -0.05) is 18.2 Å². The lowest BCUT2D eigenvalue weighted by molar-refractivity contribution is 0.252. The number of carbonyl (C=O) groups is 1. The van der Waals surface area contributed by atoms with E-state index >= 15 is 0 Å². The van der Waals surface area contributed by atoms with Crippen molar-refractivity contribution in [2.45, 2.75) is 13.5 Å². The molecule has 7 nitrogen and oxygen atoms in total. The third-order valence-electron chi connectivity index (χ3n) is 2.92. The molecule has 2 amide bonds. The van der Waals surface area contributed by atoms with Gasteiger partial charge in [0, 0.05) is 23.0 Å². The van der Waals surface area contributed by atoms with E-state index in [1.165, 1.54) is 12.4 Å². The average Bonchev–Trinajstić information content (AvgIpc) is 2.52. The first-order valence-corrected chi connectivity index (χ1v) is 6.55. The van der Waals surface area contributed by atoms with Gasteiger partial charge in [0.05, 0.1) is 18.5 Å². The number of hydrogen-bond donors (Lipinski definition) is 4. The fourth-order valence-electron chi connectivity index (χ4n) is 1.76. The number of benzene rings is 1. The lowest BCUT2D eigenvalue weighted by Crippen LogP contribution is -2.24. The molecule has 114 valence electrons. The number of nitrogens with one attached hydrogen (secondary N) is 2. The van der Waals surface area contributed by atoms with Gasteiger partial charge in [-0.3, -0.25) is 4.98 Å². The second-order valence-electron chi connectivity index (χ2n) is 4.48. The van der Waals surface area contributed by atoms with Crippen LogP contribution in [0, 0.1) is 6.92 Å². The Bertz CT molecular complexity index is 687. The van der Waals surface area contributed by atoms with E-state index in [0.717, 1.165) is 0 Å². The topological polar surface area (TPSA) is 107 Å². The van der Waals surface area contributed by atoms with Crippen molar-refractivity contribution < 1.29 is 15.0 Å². The number of hydrogen-bond acceptors (Lipinski definition) is 5. The number of aryl methyl sites for hydroxylation is 1.